The highest BCUT2D eigenvalue weighted by atomic mass is 79.9. The van der Waals surface area contributed by atoms with Gasteiger partial charge in [-0.15, -0.1) is 0 Å². The standard InChI is InChI=1S/C9H10BrF2NO/c1-5-2-6(3-10)7(4-14)8(13-5)9(11)12/h2,9,14H,3-4H2,1H3. The van der Waals surface area contributed by atoms with E-state index in [0.29, 0.717) is 16.6 Å². The van der Waals surface area contributed by atoms with Crippen LogP contribution in [-0.4, -0.2) is 10.1 Å². The highest BCUT2D eigenvalue weighted by Crippen LogP contribution is 2.25. The Balaban J connectivity index is 3.31. The molecule has 2 nitrogen and oxygen atoms in total. The minimum absolute atomic E-state index is 0.225. The molecule has 0 bridgehead atoms. The van der Waals surface area contributed by atoms with E-state index < -0.39 is 13.0 Å². The van der Waals surface area contributed by atoms with Gasteiger partial charge in [-0.3, -0.25) is 4.98 Å². The number of nitrogens with zero attached hydrogens (tertiary/aromatic N) is 1. The Morgan fingerprint density at radius 1 is 1.57 bits per heavy atom. The molecule has 0 unspecified atom stereocenters. The van der Waals surface area contributed by atoms with E-state index in [2.05, 4.69) is 20.9 Å². The van der Waals surface area contributed by atoms with Crippen LogP contribution >= 0.6 is 15.9 Å². The summed E-state index contributed by atoms with van der Waals surface area (Å²) in [5.74, 6) is 0. The van der Waals surface area contributed by atoms with Crippen molar-refractivity contribution in [3.8, 4) is 0 Å². The van der Waals surface area contributed by atoms with Crippen LogP contribution in [0.1, 0.15) is 28.9 Å². The predicted octanol–water partition coefficient (Wildman–Crippen LogP) is 2.71. The molecule has 0 atom stereocenters. The monoisotopic (exact) mass is 265 g/mol. The number of rotatable bonds is 3. The number of halogens is 3. The second-order valence-electron chi connectivity index (χ2n) is 2.88. The number of pyridine rings is 1. The van der Waals surface area contributed by atoms with E-state index >= 15 is 0 Å². The highest BCUT2D eigenvalue weighted by molar-refractivity contribution is 9.08. The molecule has 0 saturated carbocycles. The molecule has 1 heterocycles. The van der Waals surface area contributed by atoms with Crippen LogP contribution in [0.4, 0.5) is 8.78 Å². The highest BCUT2D eigenvalue weighted by Gasteiger charge is 2.17. The molecule has 14 heavy (non-hydrogen) atoms. The van der Waals surface area contributed by atoms with Crippen molar-refractivity contribution in [1.29, 1.82) is 0 Å². The van der Waals surface area contributed by atoms with Crippen molar-refractivity contribution in [3.63, 3.8) is 0 Å². The van der Waals surface area contributed by atoms with E-state index in [0.717, 1.165) is 0 Å². The zero-order valence-electron chi connectivity index (χ0n) is 7.60. The summed E-state index contributed by atoms with van der Waals surface area (Å²) in [6, 6.07) is 1.69. The Morgan fingerprint density at radius 2 is 2.21 bits per heavy atom. The molecule has 1 aromatic heterocycles. The fraction of sp³-hybridized carbons (Fsp3) is 0.444. The lowest BCUT2D eigenvalue weighted by Crippen LogP contribution is -2.04. The van der Waals surface area contributed by atoms with E-state index in [-0.39, 0.29) is 11.3 Å². The van der Waals surface area contributed by atoms with E-state index in [4.69, 9.17) is 5.11 Å². The van der Waals surface area contributed by atoms with Crippen LogP contribution in [0.25, 0.3) is 0 Å². The molecule has 0 aliphatic rings. The Morgan fingerprint density at radius 3 is 2.64 bits per heavy atom. The van der Waals surface area contributed by atoms with Gasteiger partial charge in [0, 0.05) is 16.6 Å². The molecular formula is C9H10BrF2NO. The Bertz CT molecular complexity index is 331. The average molecular weight is 266 g/mol. The summed E-state index contributed by atoms with van der Waals surface area (Å²) in [6.45, 7) is 1.24. The third-order valence-electron chi connectivity index (χ3n) is 1.89. The lowest BCUT2D eigenvalue weighted by Gasteiger charge is -2.11. The van der Waals surface area contributed by atoms with Gasteiger partial charge >= 0.3 is 0 Å². The van der Waals surface area contributed by atoms with E-state index in [1.165, 1.54) is 0 Å². The van der Waals surface area contributed by atoms with Crippen molar-refractivity contribution in [1.82, 2.24) is 4.98 Å². The van der Waals surface area contributed by atoms with E-state index in [1.54, 1.807) is 13.0 Å². The molecule has 0 radical (unpaired) electrons. The van der Waals surface area contributed by atoms with E-state index in [1.807, 2.05) is 0 Å². The summed E-state index contributed by atoms with van der Waals surface area (Å²) in [5, 5.41) is 9.41. The first kappa shape index (κ1) is 11.5. The van der Waals surface area contributed by atoms with Crippen LogP contribution in [0.5, 0.6) is 0 Å². The maximum Gasteiger partial charge on any atom is 0.280 e. The molecular weight excluding hydrogens is 256 g/mol. The fourth-order valence-electron chi connectivity index (χ4n) is 1.28. The molecule has 0 saturated heterocycles. The van der Waals surface area contributed by atoms with Gasteiger partial charge in [-0.1, -0.05) is 15.9 Å². The summed E-state index contributed by atoms with van der Waals surface area (Å²) >= 11 is 3.18. The minimum Gasteiger partial charge on any atom is -0.392 e. The van der Waals surface area contributed by atoms with Gasteiger partial charge in [0.2, 0.25) is 0 Å². The molecule has 0 aromatic carbocycles. The van der Waals surface area contributed by atoms with Gasteiger partial charge in [-0.25, -0.2) is 8.78 Å². The molecule has 1 aromatic rings. The second kappa shape index (κ2) is 4.79. The summed E-state index contributed by atoms with van der Waals surface area (Å²) < 4.78 is 25.0. The normalized spacial score (nSPS) is 11.0. The van der Waals surface area contributed by atoms with Crippen LogP contribution in [0.15, 0.2) is 6.07 Å². The molecule has 0 spiro atoms. The third-order valence-corrected chi connectivity index (χ3v) is 2.49. The van der Waals surface area contributed by atoms with Crippen LogP contribution in [0.2, 0.25) is 0 Å². The SMILES string of the molecule is Cc1cc(CBr)c(CO)c(C(F)F)n1. The van der Waals surface area contributed by atoms with Gasteiger partial charge in [0.1, 0.15) is 5.69 Å². The van der Waals surface area contributed by atoms with Gasteiger partial charge < -0.3 is 5.11 Å². The molecule has 1 rings (SSSR count). The molecule has 0 aliphatic carbocycles. The molecule has 1 N–H and O–H groups in total. The predicted molar refractivity (Wildman–Crippen MR) is 52.5 cm³/mol. The lowest BCUT2D eigenvalue weighted by atomic mass is 10.1. The lowest BCUT2D eigenvalue weighted by molar-refractivity contribution is 0.141. The number of aliphatic hydroxyl groups excluding tert-OH is 1. The van der Waals surface area contributed by atoms with Gasteiger partial charge in [-0.2, -0.15) is 0 Å². The quantitative estimate of drug-likeness (QED) is 0.853. The molecule has 0 aliphatic heterocycles. The minimum atomic E-state index is -2.64. The maximum absolute atomic E-state index is 12.5. The molecule has 0 amide bonds. The van der Waals surface area contributed by atoms with Crippen molar-refractivity contribution in [3.05, 3.63) is 28.6 Å². The molecule has 78 valence electrons. The summed E-state index contributed by atoms with van der Waals surface area (Å²) in [5.41, 5.74) is 1.10. The van der Waals surface area contributed by atoms with Crippen LogP contribution < -0.4 is 0 Å². The number of aliphatic hydroxyl groups is 1. The Kier molecular flexibility index (Phi) is 3.95. The average Bonchev–Trinajstić information content (AvgIpc) is 2.16. The topological polar surface area (TPSA) is 33.1 Å². The maximum atomic E-state index is 12.5. The first-order chi connectivity index (χ1) is 6.60. The van der Waals surface area contributed by atoms with Gasteiger partial charge in [0.15, 0.2) is 0 Å². The largest absolute Gasteiger partial charge is 0.392 e. The molecule has 5 heteroatoms. The zero-order valence-corrected chi connectivity index (χ0v) is 9.18. The number of alkyl halides is 3. The second-order valence-corrected chi connectivity index (χ2v) is 3.44. The van der Waals surface area contributed by atoms with Crippen LogP contribution in [0.3, 0.4) is 0 Å². The third kappa shape index (κ3) is 2.27. The fourth-order valence-corrected chi connectivity index (χ4v) is 1.78. The number of hydrogen-bond donors (Lipinski definition) is 1. The number of aromatic nitrogens is 1. The van der Waals surface area contributed by atoms with Crippen molar-refractivity contribution < 1.29 is 13.9 Å². The van der Waals surface area contributed by atoms with Gasteiger partial charge in [-0.05, 0) is 18.6 Å². The van der Waals surface area contributed by atoms with Gasteiger partial charge in [0.25, 0.3) is 6.43 Å². The van der Waals surface area contributed by atoms with Crippen LogP contribution in [-0.2, 0) is 11.9 Å². The Hall–Kier alpha value is -0.550. The summed E-state index contributed by atoms with van der Waals surface area (Å²) in [7, 11) is 0. The molecule has 0 fully saturated rings. The van der Waals surface area contributed by atoms with Crippen LogP contribution in [0, 0.1) is 6.92 Å². The van der Waals surface area contributed by atoms with Gasteiger partial charge in [0.05, 0.1) is 6.61 Å². The smallest absolute Gasteiger partial charge is 0.280 e. The van der Waals surface area contributed by atoms with Crippen molar-refractivity contribution in [2.24, 2.45) is 0 Å². The number of aryl methyl sites for hydroxylation is 1. The first-order valence-electron chi connectivity index (χ1n) is 4.04. The summed E-state index contributed by atoms with van der Waals surface area (Å²) in [6.07, 6.45) is -2.64. The summed E-state index contributed by atoms with van der Waals surface area (Å²) in [4.78, 5) is 3.72. The van der Waals surface area contributed by atoms with Crippen molar-refractivity contribution in [2.75, 3.05) is 0 Å². The first-order valence-corrected chi connectivity index (χ1v) is 5.16. The van der Waals surface area contributed by atoms with E-state index in [9.17, 15) is 8.78 Å². The number of hydrogen-bond acceptors (Lipinski definition) is 2. The zero-order chi connectivity index (χ0) is 10.7. The van der Waals surface area contributed by atoms with Crippen molar-refractivity contribution >= 4 is 15.9 Å². The Labute approximate surface area is 89.1 Å². The van der Waals surface area contributed by atoms with Crippen molar-refractivity contribution in [2.45, 2.75) is 25.3 Å².